The fourth-order valence-corrected chi connectivity index (χ4v) is 2.87. The Morgan fingerprint density at radius 2 is 1.95 bits per heavy atom. The van der Waals surface area contributed by atoms with Crippen molar-refractivity contribution in [2.75, 3.05) is 39.8 Å². The van der Waals surface area contributed by atoms with Crippen LogP contribution in [-0.2, 0) is 0 Å². The number of nitrogens with zero attached hydrogens (tertiary/aromatic N) is 1. The minimum atomic E-state index is -0.452. The average molecular weight is 292 g/mol. The summed E-state index contributed by atoms with van der Waals surface area (Å²) in [6, 6.07) is 7.62. The number of piperidine rings is 1. The largest absolute Gasteiger partial charge is 0.497 e. The number of likely N-dealkylation sites (tertiary alicyclic amines) is 1. The van der Waals surface area contributed by atoms with E-state index in [4.69, 9.17) is 4.74 Å². The highest BCUT2D eigenvalue weighted by atomic mass is 16.5. The molecule has 4 nitrogen and oxygen atoms in total. The van der Waals surface area contributed by atoms with E-state index in [2.05, 4.69) is 17.1 Å². The Hall–Kier alpha value is -1.10. The first kappa shape index (κ1) is 16.3. The summed E-state index contributed by atoms with van der Waals surface area (Å²) in [7, 11) is 1.65. The molecule has 0 spiro atoms. The van der Waals surface area contributed by atoms with Crippen molar-refractivity contribution in [2.24, 2.45) is 5.92 Å². The van der Waals surface area contributed by atoms with Gasteiger partial charge in [-0.15, -0.1) is 0 Å². The molecule has 0 saturated carbocycles. The number of benzene rings is 1. The molecule has 1 heterocycles. The van der Waals surface area contributed by atoms with Gasteiger partial charge in [0.2, 0.25) is 0 Å². The van der Waals surface area contributed by atoms with Crippen molar-refractivity contribution in [1.29, 1.82) is 0 Å². The first-order valence-electron chi connectivity index (χ1n) is 7.98. The third kappa shape index (κ3) is 4.99. The number of methoxy groups -OCH3 is 1. The fraction of sp³-hybridized carbons (Fsp3) is 0.647. The normalized spacial score (nSPS) is 18.6. The van der Waals surface area contributed by atoms with Crippen molar-refractivity contribution < 1.29 is 9.84 Å². The lowest BCUT2D eigenvalue weighted by atomic mass is 9.96. The van der Waals surface area contributed by atoms with Gasteiger partial charge >= 0.3 is 0 Å². The van der Waals surface area contributed by atoms with Gasteiger partial charge in [0.25, 0.3) is 0 Å². The maximum absolute atomic E-state index is 10.2. The molecule has 118 valence electrons. The van der Waals surface area contributed by atoms with Crippen LogP contribution < -0.4 is 10.1 Å². The fourth-order valence-electron chi connectivity index (χ4n) is 2.87. The first-order valence-corrected chi connectivity index (χ1v) is 7.98. The van der Waals surface area contributed by atoms with E-state index in [-0.39, 0.29) is 0 Å². The van der Waals surface area contributed by atoms with Gasteiger partial charge in [-0.2, -0.15) is 0 Å². The van der Waals surface area contributed by atoms with Crippen molar-refractivity contribution in [3.8, 4) is 5.75 Å². The number of ether oxygens (including phenoxy) is 1. The zero-order valence-corrected chi connectivity index (χ0v) is 13.2. The summed E-state index contributed by atoms with van der Waals surface area (Å²) >= 11 is 0. The van der Waals surface area contributed by atoms with Crippen LogP contribution in [0.5, 0.6) is 5.75 Å². The molecule has 1 fully saturated rings. The summed E-state index contributed by atoms with van der Waals surface area (Å²) in [6.07, 6.45) is 2.07. The Kier molecular flexibility index (Phi) is 6.49. The highest BCUT2D eigenvalue weighted by molar-refractivity contribution is 5.28. The van der Waals surface area contributed by atoms with E-state index in [1.54, 1.807) is 7.11 Å². The molecule has 0 bridgehead atoms. The van der Waals surface area contributed by atoms with Gasteiger partial charge in [-0.05, 0) is 62.6 Å². The van der Waals surface area contributed by atoms with Crippen LogP contribution in [0.25, 0.3) is 0 Å². The summed E-state index contributed by atoms with van der Waals surface area (Å²) in [4.78, 5) is 2.50. The highest BCUT2D eigenvalue weighted by Crippen LogP contribution is 2.18. The van der Waals surface area contributed by atoms with Gasteiger partial charge < -0.3 is 20.1 Å². The number of aliphatic hydroxyl groups is 1. The number of nitrogens with one attached hydrogen (secondary N) is 1. The molecular weight excluding hydrogens is 264 g/mol. The van der Waals surface area contributed by atoms with Gasteiger partial charge in [0, 0.05) is 6.54 Å². The molecule has 1 atom stereocenters. The van der Waals surface area contributed by atoms with Gasteiger partial charge in [-0.25, -0.2) is 0 Å². The molecule has 1 aliphatic heterocycles. The molecule has 0 radical (unpaired) electrons. The van der Waals surface area contributed by atoms with E-state index < -0.39 is 6.10 Å². The van der Waals surface area contributed by atoms with Crippen molar-refractivity contribution in [3.63, 3.8) is 0 Å². The Labute approximate surface area is 128 Å². The molecular formula is C17H28N2O2. The lowest BCUT2D eigenvalue weighted by Gasteiger charge is -2.31. The molecule has 2 rings (SSSR count). The highest BCUT2D eigenvalue weighted by Gasteiger charge is 2.18. The van der Waals surface area contributed by atoms with Crippen molar-refractivity contribution >= 4 is 0 Å². The summed E-state index contributed by atoms with van der Waals surface area (Å²) in [5.74, 6) is 1.57. The molecule has 1 aromatic carbocycles. The van der Waals surface area contributed by atoms with E-state index >= 15 is 0 Å². The number of hydrogen-bond acceptors (Lipinski definition) is 4. The van der Waals surface area contributed by atoms with Gasteiger partial charge in [0.15, 0.2) is 0 Å². The molecule has 4 heteroatoms. The quantitative estimate of drug-likeness (QED) is 0.807. The molecule has 21 heavy (non-hydrogen) atoms. The molecule has 1 aromatic rings. The Morgan fingerprint density at radius 3 is 2.52 bits per heavy atom. The SMILES string of the molecule is CCN1CCC(CNCC(O)c2ccc(OC)cc2)CC1. The van der Waals surface area contributed by atoms with Crippen LogP contribution in [-0.4, -0.2) is 49.8 Å². The predicted octanol–water partition coefficient (Wildman–Crippen LogP) is 2.05. The number of rotatable bonds is 7. The molecule has 1 aliphatic rings. The van der Waals surface area contributed by atoms with Gasteiger partial charge in [-0.3, -0.25) is 0 Å². The van der Waals surface area contributed by atoms with Crippen LogP contribution in [0.3, 0.4) is 0 Å². The van der Waals surface area contributed by atoms with Gasteiger partial charge in [0.05, 0.1) is 13.2 Å². The van der Waals surface area contributed by atoms with Crippen LogP contribution in [0.15, 0.2) is 24.3 Å². The van der Waals surface area contributed by atoms with Crippen LogP contribution in [0.2, 0.25) is 0 Å². The zero-order valence-electron chi connectivity index (χ0n) is 13.2. The summed E-state index contributed by atoms with van der Waals surface area (Å²) in [5.41, 5.74) is 0.934. The number of hydrogen-bond donors (Lipinski definition) is 2. The third-order valence-electron chi connectivity index (χ3n) is 4.43. The Balaban J connectivity index is 1.68. The zero-order chi connectivity index (χ0) is 15.1. The summed E-state index contributed by atoms with van der Waals surface area (Å²) in [5, 5.41) is 13.6. The standard InChI is InChI=1S/C17H28N2O2/c1-3-19-10-8-14(9-11-19)12-18-13-17(20)15-4-6-16(21-2)7-5-15/h4-7,14,17-18,20H,3,8-13H2,1-2H3. The summed E-state index contributed by atoms with van der Waals surface area (Å²) < 4.78 is 5.13. The second kappa shape index (κ2) is 8.37. The summed E-state index contributed by atoms with van der Waals surface area (Å²) in [6.45, 7) is 7.43. The van der Waals surface area contributed by atoms with Crippen LogP contribution in [0.1, 0.15) is 31.4 Å². The van der Waals surface area contributed by atoms with E-state index in [1.165, 1.54) is 25.9 Å². The van der Waals surface area contributed by atoms with E-state index in [1.807, 2.05) is 24.3 Å². The second-order valence-corrected chi connectivity index (χ2v) is 5.82. The van der Waals surface area contributed by atoms with Crippen LogP contribution >= 0.6 is 0 Å². The molecule has 1 saturated heterocycles. The molecule has 0 aromatic heterocycles. The van der Waals surface area contributed by atoms with Crippen molar-refractivity contribution in [2.45, 2.75) is 25.9 Å². The lowest BCUT2D eigenvalue weighted by molar-refractivity contribution is 0.161. The van der Waals surface area contributed by atoms with Gasteiger partial charge in [0.1, 0.15) is 5.75 Å². The Bertz CT molecular complexity index is 400. The van der Waals surface area contributed by atoms with E-state index in [9.17, 15) is 5.11 Å². The first-order chi connectivity index (χ1) is 10.2. The minimum Gasteiger partial charge on any atom is -0.497 e. The molecule has 0 amide bonds. The molecule has 2 N–H and O–H groups in total. The predicted molar refractivity (Wildman–Crippen MR) is 85.7 cm³/mol. The van der Waals surface area contributed by atoms with Crippen molar-refractivity contribution in [3.05, 3.63) is 29.8 Å². The smallest absolute Gasteiger partial charge is 0.118 e. The monoisotopic (exact) mass is 292 g/mol. The maximum Gasteiger partial charge on any atom is 0.118 e. The second-order valence-electron chi connectivity index (χ2n) is 5.82. The topological polar surface area (TPSA) is 44.7 Å². The van der Waals surface area contributed by atoms with Crippen molar-refractivity contribution in [1.82, 2.24) is 10.2 Å². The molecule has 1 unspecified atom stereocenters. The lowest BCUT2D eigenvalue weighted by Crippen LogP contribution is -2.37. The third-order valence-corrected chi connectivity index (χ3v) is 4.43. The van der Waals surface area contributed by atoms with Crippen LogP contribution in [0, 0.1) is 5.92 Å². The Morgan fingerprint density at radius 1 is 1.29 bits per heavy atom. The maximum atomic E-state index is 10.2. The molecule has 0 aliphatic carbocycles. The van der Waals surface area contributed by atoms with E-state index in [0.29, 0.717) is 6.54 Å². The van der Waals surface area contributed by atoms with Crippen LogP contribution in [0.4, 0.5) is 0 Å². The van der Waals surface area contributed by atoms with Gasteiger partial charge in [-0.1, -0.05) is 19.1 Å². The van der Waals surface area contributed by atoms with E-state index in [0.717, 1.165) is 30.3 Å². The minimum absolute atomic E-state index is 0.452. The average Bonchev–Trinajstić information content (AvgIpc) is 2.55. The number of aliphatic hydroxyl groups excluding tert-OH is 1.